The van der Waals surface area contributed by atoms with E-state index in [0.717, 1.165) is 28.3 Å². The largest absolute Gasteiger partial charge is 0.278 e. The molecule has 0 aliphatic rings. The molecule has 0 heterocycles. The van der Waals surface area contributed by atoms with Gasteiger partial charge in [0.1, 0.15) is 0 Å². The van der Waals surface area contributed by atoms with Gasteiger partial charge in [-0.05, 0) is 42.2 Å². The van der Waals surface area contributed by atoms with Gasteiger partial charge in [0.15, 0.2) is 0 Å². The highest BCUT2D eigenvalue weighted by atomic mass is 35.5. The standard InChI is InChI=1S/C16H17ClN2/c1-3-13-5-7-14(8-6-13)11-18-19-15-9-4-12(2)16(17)10-15/h4-11,19H,3H2,1-2H3/b18-11+. The Hall–Kier alpha value is -1.80. The minimum atomic E-state index is 0.743. The highest BCUT2D eigenvalue weighted by Gasteiger charge is 1.96. The van der Waals surface area contributed by atoms with Crippen LogP contribution in [0.3, 0.4) is 0 Å². The summed E-state index contributed by atoms with van der Waals surface area (Å²) in [5.41, 5.74) is 7.32. The Morgan fingerprint density at radius 1 is 1.16 bits per heavy atom. The van der Waals surface area contributed by atoms with Crippen LogP contribution in [0.25, 0.3) is 0 Å². The molecule has 0 amide bonds. The minimum Gasteiger partial charge on any atom is -0.278 e. The van der Waals surface area contributed by atoms with Crippen LogP contribution in [0.1, 0.15) is 23.6 Å². The summed E-state index contributed by atoms with van der Waals surface area (Å²) in [6.07, 6.45) is 2.85. The number of benzene rings is 2. The molecule has 2 nitrogen and oxygen atoms in total. The zero-order chi connectivity index (χ0) is 13.7. The lowest BCUT2D eigenvalue weighted by Crippen LogP contribution is -1.91. The Balaban J connectivity index is 2.00. The van der Waals surface area contributed by atoms with Crippen molar-refractivity contribution in [2.45, 2.75) is 20.3 Å². The molecule has 0 spiro atoms. The van der Waals surface area contributed by atoms with Crippen molar-refractivity contribution in [1.82, 2.24) is 0 Å². The van der Waals surface area contributed by atoms with Crippen molar-refractivity contribution in [2.75, 3.05) is 5.43 Å². The highest BCUT2D eigenvalue weighted by molar-refractivity contribution is 6.31. The summed E-state index contributed by atoms with van der Waals surface area (Å²) in [6, 6.07) is 14.1. The summed E-state index contributed by atoms with van der Waals surface area (Å²) < 4.78 is 0. The van der Waals surface area contributed by atoms with E-state index in [9.17, 15) is 0 Å². The van der Waals surface area contributed by atoms with E-state index in [1.807, 2.05) is 25.1 Å². The van der Waals surface area contributed by atoms with Crippen LogP contribution in [0.2, 0.25) is 5.02 Å². The van der Waals surface area contributed by atoms with Crippen molar-refractivity contribution in [3.63, 3.8) is 0 Å². The van der Waals surface area contributed by atoms with Crippen LogP contribution >= 0.6 is 11.6 Å². The molecule has 0 unspecified atom stereocenters. The molecule has 98 valence electrons. The van der Waals surface area contributed by atoms with Gasteiger partial charge in [-0.1, -0.05) is 48.9 Å². The summed E-state index contributed by atoms with van der Waals surface area (Å²) in [6.45, 7) is 4.12. The molecule has 0 radical (unpaired) electrons. The first kappa shape index (κ1) is 13.6. The van der Waals surface area contributed by atoms with Crippen molar-refractivity contribution in [3.8, 4) is 0 Å². The molecule has 0 saturated heterocycles. The third-order valence-electron chi connectivity index (χ3n) is 2.97. The van der Waals surface area contributed by atoms with Gasteiger partial charge in [-0.15, -0.1) is 0 Å². The molecule has 0 aromatic heterocycles. The van der Waals surface area contributed by atoms with Gasteiger partial charge in [-0.2, -0.15) is 5.10 Å². The van der Waals surface area contributed by atoms with Crippen LogP contribution in [0.5, 0.6) is 0 Å². The number of hydrogen-bond acceptors (Lipinski definition) is 2. The number of aryl methyl sites for hydroxylation is 2. The van der Waals surface area contributed by atoms with E-state index in [2.05, 4.69) is 41.7 Å². The number of halogens is 1. The van der Waals surface area contributed by atoms with Crippen LogP contribution < -0.4 is 5.43 Å². The number of nitrogens with one attached hydrogen (secondary N) is 1. The second-order valence-corrected chi connectivity index (χ2v) is 4.84. The van der Waals surface area contributed by atoms with Gasteiger partial charge in [-0.25, -0.2) is 0 Å². The average Bonchev–Trinajstić information content (AvgIpc) is 2.43. The third-order valence-corrected chi connectivity index (χ3v) is 3.37. The van der Waals surface area contributed by atoms with Crippen LogP contribution in [-0.2, 0) is 6.42 Å². The fourth-order valence-electron chi connectivity index (χ4n) is 1.68. The maximum absolute atomic E-state index is 6.05. The van der Waals surface area contributed by atoms with Gasteiger partial charge in [-0.3, -0.25) is 5.43 Å². The van der Waals surface area contributed by atoms with E-state index < -0.39 is 0 Å². The Bertz CT molecular complexity index is 574. The SMILES string of the molecule is CCc1ccc(/C=N/Nc2ccc(C)c(Cl)c2)cc1. The molecule has 19 heavy (non-hydrogen) atoms. The second-order valence-electron chi connectivity index (χ2n) is 4.43. The number of hydrogen-bond donors (Lipinski definition) is 1. The number of hydrazone groups is 1. The fraction of sp³-hybridized carbons (Fsp3) is 0.188. The Morgan fingerprint density at radius 3 is 2.53 bits per heavy atom. The fourth-order valence-corrected chi connectivity index (χ4v) is 1.86. The van der Waals surface area contributed by atoms with Gasteiger partial charge < -0.3 is 0 Å². The predicted octanol–water partition coefficient (Wildman–Crippen LogP) is 4.66. The van der Waals surface area contributed by atoms with Crippen molar-refractivity contribution < 1.29 is 0 Å². The Kier molecular flexibility index (Phi) is 4.58. The van der Waals surface area contributed by atoms with Crippen molar-refractivity contribution in [2.24, 2.45) is 5.10 Å². The molecule has 0 fully saturated rings. The van der Waals surface area contributed by atoms with Crippen LogP contribution in [0, 0.1) is 6.92 Å². The van der Waals surface area contributed by atoms with E-state index in [0.29, 0.717) is 0 Å². The number of anilines is 1. The molecule has 1 N–H and O–H groups in total. The van der Waals surface area contributed by atoms with Crippen molar-refractivity contribution in [3.05, 3.63) is 64.2 Å². The zero-order valence-corrected chi connectivity index (χ0v) is 11.9. The first-order valence-electron chi connectivity index (χ1n) is 6.33. The van der Waals surface area contributed by atoms with E-state index in [-0.39, 0.29) is 0 Å². The topological polar surface area (TPSA) is 24.4 Å². The summed E-state index contributed by atoms with van der Waals surface area (Å²) in [5.74, 6) is 0. The maximum atomic E-state index is 6.05. The molecule has 0 atom stereocenters. The Labute approximate surface area is 119 Å². The first-order chi connectivity index (χ1) is 9.19. The predicted molar refractivity (Wildman–Crippen MR) is 83.2 cm³/mol. The number of nitrogens with zero attached hydrogens (tertiary/aromatic N) is 1. The van der Waals surface area contributed by atoms with E-state index in [1.54, 1.807) is 6.21 Å². The molecule has 2 aromatic carbocycles. The summed E-state index contributed by atoms with van der Waals surface area (Å²) >= 11 is 6.05. The van der Waals surface area contributed by atoms with E-state index in [1.165, 1.54) is 5.56 Å². The van der Waals surface area contributed by atoms with Crippen molar-refractivity contribution in [1.29, 1.82) is 0 Å². The van der Waals surface area contributed by atoms with Gasteiger partial charge in [0.2, 0.25) is 0 Å². The molecular formula is C16H17ClN2. The molecule has 2 aromatic rings. The monoisotopic (exact) mass is 272 g/mol. The molecule has 2 rings (SSSR count). The van der Waals surface area contributed by atoms with Crippen LogP contribution in [0.4, 0.5) is 5.69 Å². The van der Waals surface area contributed by atoms with Crippen LogP contribution in [-0.4, -0.2) is 6.21 Å². The normalized spacial score (nSPS) is 10.9. The Morgan fingerprint density at radius 2 is 1.89 bits per heavy atom. The second kappa shape index (κ2) is 6.39. The lowest BCUT2D eigenvalue weighted by atomic mass is 10.1. The van der Waals surface area contributed by atoms with Gasteiger partial charge in [0, 0.05) is 5.02 Å². The summed E-state index contributed by atoms with van der Waals surface area (Å²) in [4.78, 5) is 0. The average molecular weight is 273 g/mol. The third kappa shape index (κ3) is 3.83. The van der Waals surface area contributed by atoms with Crippen molar-refractivity contribution >= 4 is 23.5 Å². The molecular weight excluding hydrogens is 256 g/mol. The molecule has 0 aliphatic carbocycles. The minimum absolute atomic E-state index is 0.743. The maximum Gasteiger partial charge on any atom is 0.0576 e. The zero-order valence-electron chi connectivity index (χ0n) is 11.2. The molecule has 0 saturated carbocycles. The van der Waals surface area contributed by atoms with E-state index >= 15 is 0 Å². The van der Waals surface area contributed by atoms with Gasteiger partial charge in [0.05, 0.1) is 11.9 Å². The van der Waals surface area contributed by atoms with Crippen LogP contribution in [0.15, 0.2) is 47.6 Å². The lowest BCUT2D eigenvalue weighted by molar-refractivity contribution is 1.14. The summed E-state index contributed by atoms with van der Waals surface area (Å²) in [7, 11) is 0. The summed E-state index contributed by atoms with van der Waals surface area (Å²) in [5, 5.41) is 4.95. The van der Waals surface area contributed by atoms with E-state index in [4.69, 9.17) is 11.6 Å². The van der Waals surface area contributed by atoms with Gasteiger partial charge >= 0.3 is 0 Å². The highest BCUT2D eigenvalue weighted by Crippen LogP contribution is 2.19. The smallest absolute Gasteiger partial charge is 0.0576 e. The molecule has 0 bridgehead atoms. The van der Waals surface area contributed by atoms with Gasteiger partial charge in [0.25, 0.3) is 0 Å². The lowest BCUT2D eigenvalue weighted by Gasteiger charge is -2.03. The number of rotatable bonds is 4. The quantitative estimate of drug-likeness (QED) is 0.635. The molecule has 3 heteroatoms. The first-order valence-corrected chi connectivity index (χ1v) is 6.71. The molecule has 0 aliphatic heterocycles.